The second-order valence-electron chi connectivity index (χ2n) is 16.1. The number of furan rings is 1. The van der Waals surface area contributed by atoms with E-state index in [1.165, 1.54) is 0 Å². The topological polar surface area (TPSA) is 65.5 Å². The van der Waals surface area contributed by atoms with Gasteiger partial charge in [-0.05, 0) is 70.3 Å². The molecule has 0 saturated heterocycles. The molecular formula is C59H34N6O. The number of rotatable bonds is 7. The predicted octanol–water partition coefficient (Wildman–Crippen LogP) is 16.0. The van der Waals surface area contributed by atoms with Crippen molar-refractivity contribution in [3.63, 3.8) is 0 Å². The Kier molecular flexibility index (Phi) is 9.12. The number of nitrogens with zero attached hydrogens (tertiary/aromatic N) is 6. The predicted molar refractivity (Wildman–Crippen MR) is 267 cm³/mol. The maximum atomic E-state index is 7.98. The molecule has 7 nitrogen and oxygen atoms in total. The molecule has 12 aromatic rings. The van der Waals surface area contributed by atoms with Crippen LogP contribution in [0.1, 0.15) is 0 Å². The van der Waals surface area contributed by atoms with Crippen LogP contribution >= 0.6 is 0 Å². The van der Waals surface area contributed by atoms with Crippen LogP contribution in [0.2, 0.25) is 0 Å². The van der Waals surface area contributed by atoms with Gasteiger partial charge in [-0.3, -0.25) is 0 Å². The highest BCUT2D eigenvalue weighted by Gasteiger charge is 2.23. The minimum atomic E-state index is 0.511. The fourth-order valence-corrected chi connectivity index (χ4v) is 9.23. The zero-order valence-electron chi connectivity index (χ0n) is 35.2. The summed E-state index contributed by atoms with van der Waals surface area (Å²) in [5.41, 5.74) is 13.6. The minimum Gasteiger partial charge on any atom is -0.455 e. The first-order valence-corrected chi connectivity index (χ1v) is 21.6. The Bertz CT molecular complexity index is 3790. The summed E-state index contributed by atoms with van der Waals surface area (Å²) in [4.78, 5) is 23.4. The zero-order chi connectivity index (χ0) is 44.1. The Labute approximate surface area is 379 Å². The molecule has 0 amide bonds. The van der Waals surface area contributed by atoms with Gasteiger partial charge in [0, 0.05) is 43.8 Å². The van der Waals surface area contributed by atoms with Crippen molar-refractivity contribution in [2.75, 3.05) is 0 Å². The van der Waals surface area contributed by atoms with Crippen LogP contribution in [0.25, 0.3) is 127 Å². The first kappa shape index (κ1) is 38.3. The van der Waals surface area contributed by atoms with E-state index < -0.39 is 0 Å². The van der Waals surface area contributed by atoms with Gasteiger partial charge in [-0.25, -0.2) is 24.6 Å². The monoisotopic (exact) mass is 842 g/mol. The third-order valence-corrected chi connectivity index (χ3v) is 12.3. The third kappa shape index (κ3) is 6.39. The Morgan fingerprint density at radius 3 is 1.45 bits per heavy atom. The lowest BCUT2D eigenvalue weighted by Gasteiger charge is -2.17. The van der Waals surface area contributed by atoms with Crippen LogP contribution in [-0.2, 0) is 0 Å². The molecule has 0 fully saturated rings. The second-order valence-corrected chi connectivity index (χ2v) is 16.1. The third-order valence-electron chi connectivity index (χ3n) is 12.3. The molecule has 0 aliphatic heterocycles. The summed E-state index contributed by atoms with van der Waals surface area (Å²) < 4.78 is 8.89. The van der Waals surface area contributed by atoms with Crippen LogP contribution in [0.15, 0.2) is 211 Å². The molecule has 0 saturated carbocycles. The molecule has 3 aromatic heterocycles. The van der Waals surface area contributed by atoms with Gasteiger partial charge in [0.25, 0.3) is 0 Å². The van der Waals surface area contributed by atoms with Gasteiger partial charge in [-0.15, -0.1) is 0 Å². The Hall–Kier alpha value is -9.43. The van der Waals surface area contributed by atoms with Crippen molar-refractivity contribution < 1.29 is 4.42 Å². The molecule has 3 heterocycles. The highest BCUT2D eigenvalue weighted by atomic mass is 16.3. The number of fused-ring (bicyclic) bond motifs is 6. The lowest BCUT2D eigenvalue weighted by atomic mass is 9.98. The van der Waals surface area contributed by atoms with E-state index in [4.69, 9.17) is 32.5 Å². The second kappa shape index (κ2) is 15.7. The number of hydrogen-bond donors (Lipinski definition) is 0. The fourth-order valence-electron chi connectivity index (χ4n) is 9.23. The minimum absolute atomic E-state index is 0.511. The van der Waals surface area contributed by atoms with Gasteiger partial charge in [-0.2, -0.15) is 0 Å². The van der Waals surface area contributed by atoms with E-state index in [9.17, 15) is 0 Å². The van der Waals surface area contributed by atoms with Crippen molar-refractivity contribution in [1.82, 2.24) is 19.5 Å². The molecule has 0 N–H and O–H groups in total. The van der Waals surface area contributed by atoms with Crippen molar-refractivity contribution in [2.24, 2.45) is 0 Å². The summed E-state index contributed by atoms with van der Waals surface area (Å²) in [6.07, 6.45) is 0. The van der Waals surface area contributed by atoms with Gasteiger partial charge in [0.2, 0.25) is 0 Å². The van der Waals surface area contributed by atoms with Gasteiger partial charge in [0.05, 0.1) is 29.9 Å². The average Bonchev–Trinajstić information content (AvgIpc) is 3.94. The molecule has 0 aliphatic carbocycles. The van der Waals surface area contributed by atoms with Gasteiger partial charge in [0.1, 0.15) is 11.2 Å². The summed E-state index contributed by atoms with van der Waals surface area (Å²) in [5.74, 6) is 1.63. The Morgan fingerprint density at radius 2 is 0.848 bits per heavy atom. The lowest BCUT2D eigenvalue weighted by Crippen LogP contribution is -2.04. The van der Waals surface area contributed by atoms with Crippen molar-refractivity contribution in [3.8, 4) is 73.2 Å². The molecular weight excluding hydrogens is 809 g/mol. The van der Waals surface area contributed by atoms with E-state index in [1.54, 1.807) is 0 Å². The number of hydrogen-bond acceptors (Lipinski definition) is 4. The number of aromatic nitrogens is 4. The lowest BCUT2D eigenvalue weighted by molar-refractivity contribution is 0.670. The average molecular weight is 843 g/mol. The Morgan fingerprint density at radius 1 is 0.364 bits per heavy atom. The molecule has 0 bridgehead atoms. The molecule has 0 unspecified atom stereocenters. The smallest absolute Gasteiger partial charge is 0.194 e. The maximum absolute atomic E-state index is 7.98. The fraction of sp³-hybridized carbons (Fsp3) is 0. The first-order valence-electron chi connectivity index (χ1n) is 21.6. The van der Waals surface area contributed by atoms with Crippen LogP contribution in [0.4, 0.5) is 11.4 Å². The molecule has 0 aliphatic rings. The van der Waals surface area contributed by atoms with Crippen LogP contribution in [0.5, 0.6) is 0 Å². The summed E-state index contributed by atoms with van der Waals surface area (Å²) in [6, 6.07) is 69.3. The molecule has 0 radical (unpaired) electrons. The highest BCUT2D eigenvalue weighted by molar-refractivity contribution is 6.13. The zero-order valence-corrected chi connectivity index (χ0v) is 35.2. The highest BCUT2D eigenvalue weighted by Crippen LogP contribution is 2.44. The van der Waals surface area contributed by atoms with Crippen LogP contribution in [0, 0.1) is 13.1 Å². The Balaban J connectivity index is 1.17. The van der Waals surface area contributed by atoms with Gasteiger partial charge >= 0.3 is 0 Å². The summed E-state index contributed by atoms with van der Waals surface area (Å²) in [6.45, 7) is 16.0. The van der Waals surface area contributed by atoms with Crippen LogP contribution < -0.4 is 0 Å². The number of benzene rings is 9. The van der Waals surface area contributed by atoms with E-state index in [0.717, 1.165) is 99.5 Å². The van der Waals surface area contributed by atoms with Gasteiger partial charge < -0.3 is 8.98 Å². The normalized spacial score (nSPS) is 11.3. The standard InChI is InChI=1S/C59H34N6O/c1-60-50-25-12-9-20-42(50)39-28-31-52-47(34-39)48-35-40(43-21-10-13-26-51(43)61-2)29-32-53(48)65(52)54-33-30-41(44-23-15-24-46-45-22-11-14-27-55(45)66-56(44)46)36-49(54)59-63-57(37-16-5-3-6-17-37)62-58(64-59)38-18-7-4-8-19-38/h3-36H. The maximum Gasteiger partial charge on any atom is 0.194 e. The van der Waals surface area contributed by atoms with Crippen molar-refractivity contribution in [2.45, 2.75) is 0 Å². The van der Waals surface area contributed by atoms with E-state index in [2.05, 4.69) is 93.1 Å². The van der Waals surface area contributed by atoms with Gasteiger partial charge in [-0.1, -0.05) is 164 Å². The quantitative estimate of drug-likeness (QED) is 0.150. The molecule has 9 aromatic carbocycles. The molecule has 0 atom stereocenters. The molecule has 66 heavy (non-hydrogen) atoms. The number of para-hydroxylation sites is 4. The van der Waals surface area contributed by atoms with E-state index in [0.29, 0.717) is 28.8 Å². The van der Waals surface area contributed by atoms with Crippen LogP contribution in [-0.4, -0.2) is 19.5 Å². The summed E-state index contributed by atoms with van der Waals surface area (Å²) in [5, 5.41) is 4.10. The first-order chi connectivity index (χ1) is 32.6. The SMILES string of the molecule is [C-]#[N+]c1ccccc1-c1ccc2c(c1)c1cc(-c3ccccc3[N+]#[C-])ccc1n2-c1ccc(-c2cccc3c2oc2ccccc23)cc1-c1nc(-c2ccccc2)nc(-c2ccccc2)n1. The van der Waals surface area contributed by atoms with Crippen molar-refractivity contribution >= 4 is 55.1 Å². The summed E-state index contributed by atoms with van der Waals surface area (Å²) >= 11 is 0. The van der Waals surface area contributed by atoms with E-state index in [-0.39, 0.29) is 0 Å². The van der Waals surface area contributed by atoms with Crippen molar-refractivity contribution in [3.05, 3.63) is 229 Å². The molecule has 0 spiro atoms. The van der Waals surface area contributed by atoms with Crippen molar-refractivity contribution in [1.29, 1.82) is 0 Å². The molecule has 7 heteroatoms. The van der Waals surface area contributed by atoms with E-state index in [1.807, 2.05) is 127 Å². The van der Waals surface area contributed by atoms with Crippen LogP contribution in [0.3, 0.4) is 0 Å². The molecule has 306 valence electrons. The summed E-state index contributed by atoms with van der Waals surface area (Å²) in [7, 11) is 0. The van der Waals surface area contributed by atoms with E-state index >= 15 is 0 Å². The molecule has 12 rings (SSSR count). The largest absolute Gasteiger partial charge is 0.455 e. The van der Waals surface area contributed by atoms with Gasteiger partial charge in [0.15, 0.2) is 28.8 Å².